The van der Waals surface area contributed by atoms with Crippen LogP contribution >= 0.6 is 0 Å². The second kappa shape index (κ2) is 5.00. The number of H-pyrrole nitrogens is 1. The van der Waals surface area contributed by atoms with Crippen molar-refractivity contribution in [3.63, 3.8) is 0 Å². The normalized spacial score (nSPS) is 31.7. The van der Waals surface area contributed by atoms with Crippen molar-refractivity contribution < 1.29 is 20.2 Å². The molecule has 1 aliphatic heterocycles. The highest BCUT2D eigenvalue weighted by Gasteiger charge is 2.44. The molecule has 0 saturated carbocycles. The molecule has 1 aromatic rings. The van der Waals surface area contributed by atoms with Crippen molar-refractivity contribution in [3.05, 3.63) is 33.1 Å². The molecule has 1 aliphatic rings. The molecule has 0 unspecified atom stereocenters. The molecule has 9 heteroatoms. The van der Waals surface area contributed by atoms with Gasteiger partial charge in [0, 0.05) is 12.3 Å². The Hall–Kier alpha value is -1.52. The third-order valence-electron chi connectivity index (χ3n) is 2.83. The molecule has 0 aliphatic carbocycles. The van der Waals surface area contributed by atoms with Gasteiger partial charge >= 0.3 is 5.69 Å². The van der Waals surface area contributed by atoms with Gasteiger partial charge in [0.2, 0.25) is 0 Å². The molecule has 1 fully saturated rings. The third-order valence-corrected chi connectivity index (χ3v) is 2.83. The van der Waals surface area contributed by atoms with Gasteiger partial charge in [-0.3, -0.25) is 14.3 Å². The molecular formula is C9H13N3O6. The van der Waals surface area contributed by atoms with Crippen molar-refractivity contribution in [1.82, 2.24) is 15.0 Å². The molecule has 9 nitrogen and oxygen atoms in total. The molecular weight excluding hydrogens is 246 g/mol. The summed E-state index contributed by atoms with van der Waals surface area (Å²) >= 11 is 0. The zero-order chi connectivity index (χ0) is 13.3. The van der Waals surface area contributed by atoms with E-state index >= 15 is 0 Å². The Bertz CT molecular complexity index is 526. The maximum Gasteiger partial charge on any atom is 0.330 e. The van der Waals surface area contributed by atoms with E-state index in [0.717, 1.165) is 10.6 Å². The van der Waals surface area contributed by atoms with E-state index in [9.17, 15) is 14.7 Å². The minimum absolute atomic E-state index is 0.441. The van der Waals surface area contributed by atoms with Crippen LogP contribution in [0.5, 0.6) is 0 Å². The Morgan fingerprint density at radius 1 is 1.50 bits per heavy atom. The van der Waals surface area contributed by atoms with Gasteiger partial charge in [-0.05, 0) is 0 Å². The van der Waals surface area contributed by atoms with Crippen molar-refractivity contribution in [3.8, 4) is 0 Å². The predicted molar refractivity (Wildman–Crippen MR) is 57.0 cm³/mol. The first-order chi connectivity index (χ1) is 8.58. The lowest BCUT2D eigenvalue weighted by Gasteiger charge is -2.17. The molecule has 2 rings (SSSR count). The zero-order valence-corrected chi connectivity index (χ0v) is 9.18. The average Bonchev–Trinajstić information content (AvgIpc) is 2.66. The number of nitrogens with zero attached hydrogens (tertiary/aromatic N) is 1. The first-order valence-corrected chi connectivity index (χ1v) is 5.24. The van der Waals surface area contributed by atoms with Gasteiger partial charge in [-0.1, -0.05) is 0 Å². The van der Waals surface area contributed by atoms with Crippen LogP contribution in [-0.2, 0) is 4.74 Å². The SMILES string of the molecule is O=c1ccn([C@@H]2O[C@H](CO)[C@@H](NO)[C@H]2O)c(=O)[nH]1. The molecule has 18 heavy (non-hydrogen) atoms. The lowest BCUT2D eigenvalue weighted by atomic mass is 10.1. The van der Waals surface area contributed by atoms with Gasteiger partial charge in [-0.2, -0.15) is 5.48 Å². The van der Waals surface area contributed by atoms with E-state index < -0.39 is 42.3 Å². The van der Waals surface area contributed by atoms with Crippen molar-refractivity contribution in [2.45, 2.75) is 24.5 Å². The van der Waals surface area contributed by atoms with E-state index in [4.69, 9.17) is 15.1 Å². The van der Waals surface area contributed by atoms with E-state index in [-0.39, 0.29) is 0 Å². The zero-order valence-electron chi connectivity index (χ0n) is 9.18. The molecule has 4 atom stereocenters. The fourth-order valence-corrected chi connectivity index (χ4v) is 1.92. The highest BCUT2D eigenvalue weighted by molar-refractivity contribution is 4.95. The van der Waals surface area contributed by atoms with Gasteiger partial charge in [0.25, 0.3) is 5.56 Å². The molecule has 0 bridgehead atoms. The van der Waals surface area contributed by atoms with Crippen molar-refractivity contribution >= 4 is 0 Å². The number of aromatic amines is 1. The molecule has 2 heterocycles. The quantitative estimate of drug-likeness (QED) is 0.368. The Balaban J connectivity index is 2.34. The number of aromatic nitrogens is 2. The predicted octanol–water partition coefficient (Wildman–Crippen LogP) is -2.87. The highest BCUT2D eigenvalue weighted by atomic mass is 16.6. The van der Waals surface area contributed by atoms with Gasteiger partial charge in [-0.25, -0.2) is 4.79 Å². The maximum absolute atomic E-state index is 11.5. The third kappa shape index (κ3) is 2.09. The summed E-state index contributed by atoms with van der Waals surface area (Å²) in [5.74, 6) is 0. The second-order valence-electron chi connectivity index (χ2n) is 3.91. The maximum atomic E-state index is 11.5. The standard InChI is InChI=1S/C9H13N3O6/c13-3-4-6(11-17)7(15)8(18-4)12-2-1-5(14)10-9(12)16/h1-2,4,6-8,11,13,15,17H,3H2,(H,10,14,16)/t4-,6-,7-,8-/m1/s1. The fourth-order valence-electron chi connectivity index (χ4n) is 1.92. The number of rotatable bonds is 3. The number of hydrogen-bond acceptors (Lipinski definition) is 7. The second-order valence-corrected chi connectivity index (χ2v) is 3.91. The summed E-state index contributed by atoms with van der Waals surface area (Å²) in [6.07, 6.45) is -2.05. The topological polar surface area (TPSA) is 137 Å². The summed E-state index contributed by atoms with van der Waals surface area (Å²) in [6.45, 7) is -0.441. The number of aliphatic hydroxyl groups excluding tert-OH is 2. The Morgan fingerprint density at radius 3 is 2.72 bits per heavy atom. The summed E-state index contributed by atoms with van der Waals surface area (Å²) in [4.78, 5) is 24.5. The van der Waals surface area contributed by atoms with E-state index in [1.165, 1.54) is 6.20 Å². The van der Waals surface area contributed by atoms with Crippen LogP contribution in [0.4, 0.5) is 0 Å². The van der Waals surface area contributed by atoms with Gasteiger partial charge in [0.05, 0.1) is 12.6 Å². The summed E-state index contributed by atoms with van der Waals surface area (Å²) < 4.78 is 6.23. The Kier molecular flexibility index (Phi) is 3.59. The molecule has 100 valence electrons. The molecule has 0 aromatic carbocycles. The van der Waals surface area contributed by atoms with Gasteiger partial charge < -0.3 is 20.2 Å². The minimum Gasteiger partial charge on any atom is -0.394 e. The van der Waals surface area contributed by atoms with Crippen LogP contribution < -0.4 is 16.7 Å². The fraction of sp³-hybridized carbons (Fsp3) is 0.556. The number of aliphatic hydroxyl groups is 2. The summed E-state index contributed by atoms with van der Waals surface area (Å²) in [5, 5.41) is 27.8. The Labute approximate surface area is 100 Å². The van der Waals surface area contributed by atoms with Gasteiger partial charge in [0.15, 0.2) is 6.23 Å². The largest absolute Gasteiger partial charge is 0.394 e. The van der Waals surface area contributed by atoms with Crippen LogP contribution in [0, 0.1) is 0 Å². The van der Waals surface area contributed by atoms with E-state index in [2.05, 4.69) is 0 Å². The van der Waals surface area contributed by atoms with Crippen molar-refractivity contribution in [2.75, 3.05) is 6.61 Å². The number of ether oxygens (including phenoxy) is 1. The molecule has 1 saturated heterocycles. The highest BCUT2D eigenvalue weighted by Crippen LogP contribution is 2.27. The van der Waals surface area contributed by atoms with Crippen molar-refractivity contribution in [2.24, 2.45) is 0 Å². The van der Waals surface area contributed by atoms with E-state index in [1.54, 1.807) is 0 Å². The molecule has 1 aromatic heterocycles. The van der Waals surface area contributed by atoms with E-state index in [0.29, 0.717) is 0 Å². The first-order valence-electron chi connectivity index (χ1n) is 5.24. The number of hydroxylamine groups is 1. The van der Waals surface area contributed by atoms with Gasteiger partial charge in [-0.15, -0.1) is 0 Å². The van der Waals surface area contributed by atoms with Crippen molar-refractivity contribution in [1.29, 1.82) is 0 Å². The van der Waals surface area contributed by atoms with Gasteiger partial charge in [0.1, 0.15) is 12.2 Å². The first kappa shape index (κ1) is 12.9. The van der Waals surface area contributed by atoms with Crippen LogP contribution in [0.3, 0.4) is 0 Å². The molecule has 0 amide bonds. The summed E-state index contributed by atoms with van der Waals surface area (Å²) in [5.41, 5.74) is 0.505. The van der Waals surface area contributed by atoms with Crippen LogP contribution in [0.15, 0.2) is 21.9 Å². The number of nitrogens with one attached hydrogen (secondary N) is 2. The summed E-state index contributed by atoms with van der Waals surface area (Å²) in [7, 11) is 0. The molecule has 0 spiro atoms. The van der Waals surface area contributed by atoms with Crippen LogP contribution in [0.2, 0.25) is 0 Å². The average molecular weight is 259 g/mol. The monoisotopic (exact) mass is 259 g/mol. The van der Waals surface area contributed by atoms with Crippen LogP contribution in [-0.4, -0.2) is 49.8 Å². The minimum atomic E-state index is -1.25. The van der Waals surface area contributed by atoms with E-state index in [1.807, 2.05) is 10.5 Å². The molecule has 0 radical (unpaired) electrons. The number of hydrogen-bond donors (Lipinski definition) is 5. The van der Waals surface area contributed by atoms with Crippen LogP contribution in [0.1, 0.15) is 6.23 Å². The lowest BCUT2D eigenvalue weighted by Crippen LogP contribution is -2.44. The summed E-state index contributed by atoms with van der Waals surface area (Å²) in [6, 6.07) is 0.171. The smallest absolute Gasteiger partial charge is 0.330 e. The lowest BCUT2D eigenvalue weighted by molar-refractivity contribution is -0.0539. The molecule has 5 N–H and O–H groups in total. The Morgan fingerprint density at radius 2 is 2.22 bits per heavy atom. The van der Waals surface area contributed by atoms with Crippen LogP contribution in [0.25, 0.3) is 0 Å².